The Hall–Kier alpha value is -1.90. The number of sulfonamides is 1. The highest BCUT2D eigenvalue weighted by Crippen LogP contribution is 2.24. The fraction of sp³-hybridized carbons (Fsp3) is 0.350. The molecule has 1 aliphatic heterocycles. The van der Waals surface area contributed by atoms with Gasteiger partial charge in [0.05, 0.1) is 9.37 Å². The van der Waals surface area contributed by atoms with Crippen molar-refractivity contribution in [3.63, 3.8) is 0 Å². The largest absolute Gasteiger partial charge is 0.483 e. The number of ether oxygens (including phenoxy) is 1. The number of halogens is 1. The smallest absolute Gasteiger partial charge is 0.262 e. The van der Waals surface area contributed by atoms with Crippen LogP contribution in [0.3, 0.4) is 0 Å². The van der Waals surface area contributed by atoms with Gasteiger partial charge in [-0.25, -0.2) is 8.42 Å². The molecule has 3 rings (SSSR count). The van der Waals surface area contributed by atoms with Crippen LogP contribution in [0.2, 0.25) is 0 Å². The maximum atomic E-state index is 12.8. The zero-order valence-electron chi connectivity index (χ0n) is 15.4. The Morgan fingerprint density at radius 3 is 2.29 bits per heavy atom. The van der Waals surface area contributed by atoms with Gasteiger partial charge in [-0.05, 0) is 65.2 Å². The van der Waals surface area contributed by atoms with Crippen LogP contribution in [0.4, 0.5) is 5.69 Å². The van der Waals surface area contributed by atoms with E-state index in [2.05, 4.69) is 21.2 Å². The lowest BCUT2D eigenvalue weighted by Gasteiger charge is -2.20. The summed E-state index contributed by atoms with van der Waals surface area (Å²) in [4.78, 5) is 12.3. The lowest BCUT2D eigenvalue weighted by atomic mass is 10.2. The predicted octanol–water partition coefficient (Wildman–Crippen LogP) is 4.03. The van der Waals surface area contributed by atoms with Gasteiger partial charge in [0.25, 0.3) is 5.91 Å². The third-order valence-electron chi connectivity index (χ3n) is 4.54. The summed E-state index contributed by atoms with van der Waals surface area (Å²) in [6.45, 7) is 0.983. The summed E-state index contributed by atoms with van der Waals surface area (Å²) in [5.74, 6) is 0.260. The number of amides is 1. The topological polar surface area (TPSA) is 75.7 Å². The van der Waals surface area contributed by atoms with E-state index in [1.54, 1.807) is 22.5 Å². The molecule has 0 aromatic heterocycles. The van der Waals surface area contributed by atoms with Crippen LogP contribution in [0, 0.1) is 0 Å². The van der Waals surface area contributed by atoms with Crippen molar-refractivity contribution in [2.75, 3.05) is 25.0 Å². The molecule has 1 N–H and O–H groups in total. The first-order valence-electron chi connectivity index (χ1n) is 9.24. The van der Waals surface area contributed by atoms with Crippen molar-refractivity contribution in [2.24, 2.45) is 0 Å². The van der Waals surface area contributed by atoms with Crippen LogP contribution in [-0.2, 0) is 14.8 Å². The van der Waals surface area contributed by atoms with E-state index in [9.17, 15) is 13.2 Å². The molecular weight excluding hydrogens is 444 g/mol. The highest BCUT2D eigenvalue weighted by atomic mass is 79.9. The Bertz CT molecular complexity index is 908. The average molecular weight is 467 g/mol. The van der Waals surface area contributed by atoms with E-state index in [1.165, 1.54) is 12.1 Å². The Balaban J connectivity index is 1.59. The summed E-state index contributed by atoms with van der Waals surface area (Å²) < 4.78 is 33.4. The van der Waals surface area contributed by atoms with Gasteiger partial charge in [-0.15, -0.1) is 0 Å². The zero-order chi connectivity index (χ0) is 20.0. The second kappa shape index (κ2) is 9.54. The summed E-state index contributed by atoms with van der Waals surface area (Å²) in [5.41, 5.74) is 0.524. The molecule has 28 heavy (non-hydrogen) atoms. The van der Waals surface area contributed by atoms with E-state index < -0.39 is 10.0 Å². The highest BCUT2D eigenvalue weighted by Gasteiger charge is 2.24. The van der Waals surface area contributed by atoms with Crippen molar-refractivity contribution < 1.29 is 17.9 Å². The monoisotopic (exact) mass is 466 g/mol. The number of rotatable bonds is 6. The van der Waals surface area contributed by atoms with E-state index in [0.29, 0.717) is 24.5 Å². The molecule has 150 valence electrons. The van der Waals surface area contributed by atoms with Gasteiger partial charge in [0.15, 0.2) is 6.61 Å². The molecule has 0 bridgehead atoms. The Morgan fingerprint density at radius 2 is 1.64 bits per heavy atom. The van der Waals surface area contributed by atoms with Crippen molar-refractivity contribution in [1.29, 1.82) is 0 Å². The van der Waals surface area contributed by atoms with Gasteiger partial charge in [-0.2, -0.15) is 4.31 Å². The van der Waals surface area contributed by atoms with Gasteiger partial charge >= 0.3 is 0 Å². The molecule has 6 nitrogen and oxygen atoms in total. The summed E-state index contributed by atoms with van der Waals surface area (Å²) in [6.07, 6.45) is 3.92. The molecule has 1 amide bonds. The van der Waals surface area contributed by atoms with E-state index in [4.69, 9.17) is 4.74 Å². The van der Waals surface area contributed by atoms with Crippen molar-refractivity contribution in [1.82, 2.24) is 4.31 Å². The highest BCUT2D eigenvalue weighted by molar-refractivity contribution is 9.10. The number of hydrogen-bond acceptors (Lipinski definition) is 4. The van der Waals surface area contributed by atoms with Crippen LogP contribution in [0.5, 0.6) is 5.75 Å². The molecule has 0 radical (unpaired) electrons. The van der Waals surface area contributed by atoms with Gasteiger partial charge in [-0.1, -0.05) is 25.0 Å². The normalized spacial score (nSPS) is 15.6. The van der Waals surface area contributed by atoms with Crippen molar-refractivity contribution in [2.45, 2.75) is 30.6 Å². The molecule has 2 aromatic rings. The first-order chi connectivity index (χ1) is 13.5. The number of hydrogen-bond donors (Lipinski definition) is 1. The van der Waals surface area contributed by atoms with Crippen molar-refractivity contribution >= 4 is 37.5 Å². The number of carbonyl (C=O) groups excluding carboxylic acids is 1. The van der Waals surface area contributed by atoms with Crippen LogP contribution < -0.4 is 10.1 Å². The third kappa shape index (κ3) is 5.33. The fourth-order valence-electron chi connectivity index (χ4n) is 3.04. The molecule has 0 unspecified atom stereocenters. The lowest BCUT2D eigenvalue weighted by molar-refractivity contribution is -0.118. The van der Waals surface area contributed by atoms with Crippen LogP contribution in [0.25, 0.3) is 0 Å². The minimum absolute atomic E-state index is 0.142. The molecule has 1 aliphatic rings. The molecular formula is C20H23BrN2O4S. The SMILES string of the molecule is O=C(COc1ccccc1Br)Nc1ccc(S(=O)(=O)N2CCCCCC2)cc1. The quantitative estimate of drug-likeness (QED) is 0.696. The third-order valence-corrected chi connectivity index (χ3v) is 7.10. The second-order valence-corrected chi connectivity index (χ2v) is 9.40. The Kier molecular flexibility index (Phi) is 7.09. The number of carbonyl (C=O) groups is 1. The maximum Gasteiger partial charge on any atom is 0.262 e. The number of nitrogens with one attached hydrogen (secondary N) is 1. The molecule has 1 saturated heterocycles. The summed E-state index contributed by atoms with van der Waals surface area (Å²) in [5, 5.41) is 2.71. The first-order valence-corrected chi connectivity index (χ1v) is 11.5. The predicted molar refractivity (Wildman–Crippen MR) is 112 cm³/mol. The molecule has 0 spiro atoms. The van der Waals surface area contributed by atoms with Gasteiger partial charge in [0, 0.05) is 18.8 Å². The van der Waals surface area contributed by atoms with Gasteiger partial charge in [-0.3, -0.25) is 4.79 Å². The number of benzene rings is 2. The summed E-state index contributed by atoms with van der Waals surface area (Å²) >= 11 is 3.36. The number of para-hydroxylation sites is 1. The summed E-state index contributed by atoms with van der Waals surface area (Å²) in [6, 6.07) is 13.5. The van der Waals surface area contributed by atoms with Crippen LogP contribution >= 0.6 is 15.9 Å². The fourth-order valence-corrected chi connectivity index (χ4v) is 4.96. The molecule has 0 saturated carbocycles. The zero-order valence-corrected chi connectivity index (χ0v) is 17.8. The molecule has 0 aliphatic carbocycles. The number of anilines is 1. The van der Waals surface area contributed by atoms with E-state index in [-0.39, 0.29) is 17.4 Å². The molecule has 1 heterocycles. The van der Waals surface area contributed by atoms with Gasteiger partial charge < -0.3 is 10.1 Å². The maximum absolute atomic E-state index is 12.8. The Morgan fingerprint density at radius 1 is 1.00 bits per heavy atom. The van der Waals surface area contributed by atoms with Gasteiger partial charge in [0.1, 0.15) is 5.75 Å². The minimum atomic E-state index is -3.49. The lowest BCUT2D eigenvalue weighted by Crippen LogP contribution is -2.31. The molecule has 1 fully saturated rings. The number of nitrogens with zero attached hydrogens (tertiary/aromatic N) is 1. The van der Waals surface area contributed by atoms with Crippen LogP contribution in [0.15, 0.2) is 57.9 Å². The van der Waals surface area contributed by atoms with E-state index in [1.807, 2.05) is 18.2 Å². The molecule has 8 heteroatoms. The molecule has 2 aromatic carbocycles. The average Bonchev–Trinajstić information content (AvgIpc) is 2.98. The molecule has 0 atom stereocenters. The van der Waals surface area contributed by atoms with Crippen LogP contribution in [-0.4, -0.2) is 38.3 Å². The van der Waals surface area contributed by atoms with Crippen LogP contribution in [0.1, 0.15) is 25.7 Å². The van der Waals surface area contributed by atoms with E-state index >= 15 is 0 Å². The first kappa shape index (κ1) is 20.8. The van der Waals surface area contributed by atoms with E-state index in [0.717, 1.165) is 30.2 Å². The second-order valence-electron chi connectivity index (χ2n) is 6.61. The summed E-state index contributed by atoms with van der Waals surface area (Å²) in [7, 11) is -3.49. The standard InChI is InChI=1S/C20H23BrN2O4S/c21-18-7-3-4-8-19(18)27-15-20(24)22-16-9-11-17(12-10-16)28(25,26)23-13-5-1-2-6-14-23/h3-4,7-12H,1-2,5-6,13-15H2,(H,22,24). The van der Waals surface area contributed by atoms with Crippen molar-refractivity contribution in [3.05, 3.63) is 53.0 Å². The minimum Gasteiger partial charge on any atom is -0.483 e. The van der Waals surface area contributed by atoms with Crippen molar-refractivity contribution in [3.8, 4) is 5.75 Å². The Labute approximate surface area is 174 Å². The van der Waals surface area contributed by atoms with Gasteiger partial charge in [0.2, 0.25) is 10.0 Å².